The van der Waals surface area contributed by atoms with Crippen molar-refractivity contribution in [2.45, 2.75) is 45.3 Å². The van der Waals surface area contributed by atoms with Crippen LogP contribution < -0.4 is 0 Å². The molecule has 0 radical (unpaired) electrons. The molecular weight excluding hydrogens is 264 g/mol. The Bertz CT molecular complexity index is 682. The van der Waals surface area contributed by atoms with Crippen molar-refractivity contribution in [3.63, 3.8) is 0 Å². The Hall–Kier alpha value is -1.81. The molecule has 2 heterocycles. The highest BCUT2D eigenvalue weighted by molar-refractivity contribution is 5.98. The summed E-state index contributed by atoms with van der Waals surface area (Å²) >= 11 is 0. The van der Waals surface area contributed by atoms with Crippen LogP contribution in [-0.2, 0) is 0 Å². The van der Waals surface area contributed by atoms with E-state index in [1.807, 2.05) is 31.2 Å². The Morgan fingerprint density at radius 1 is 1.38 bits per heavy atom. The number of aromatic nitrogens is 1. The molecule has 2 N–H and O–H groups in total. The minimum Gasteiger partial charge on any atom is -0.388 e. The summed E-state index contributed by atoms with van der Waals surface area (Å²) < 4.78 is 0. The van der Waals surface area contributed by atoms with Crippen molar-refractivity contribution < 1.29 is 9.90 Å². The first-order valence-electron chi connectivity index (χ1n) is 7.49. The van der Waals surface area contributed by atoms with Gasteiger partial charge in [0.15, 0.2) is 0 Å². The quantitative estimate of drug-likeness (QED) is 0.892. The molecule has 1 unspecified atom stereocenters. The second kappa shape index (κ2) is 4.88. The molecule has 2 aromatic rings. The van der Waals surface area contributed by atoms with Gasteiger partial charge in [-0.25, -0.2) is 0 Å². The predicted molar refractivity (Wildman–Crippen MR) is 83.4 cm³/mol. The lowest BCUT2D eigenvalue weighted by Gasteiger charge is -2.33. The van der Waals surface area contributed by atoms with Gasteiger partial charge >= 0.3 is 0 Å². The van der Waals surface area contributed by atoms with Gasteiger partial charge in [0.25, 0.3) is 5.91 Å². The molecule has 1 atom stereocenters. The van der Waals surface area contributed by atoms with Gasteiger partial charge in [0.2, 0.25) is 0 Å². The molecule has 21 heavy (non-hydrogen) atoms. The van der Waals surface area contributed by atoms with Gasteiger partial charge in [0.05, 0.1) is 11.6 Å². The van der Waals surface area contributed by atoms with Gasteiger partial charge in [-0.1, -0.05) is 12.1 Å². The first-order chi connectivity index (χ1) is 9.86. The molecule has 0 spiro atoms. The van der Waals surface area contributed by atoms with Crippen LogP contribution in [0.3, 0.4) is 0 Å². The van der Waals surface area contributed by atoms with Crippen LogP contribution in [-0.4, -0.2) is 39.1 Å². The summed E-state index contributed by atoms with van der Waals surface area (Å²) in [4.78, 5) is 17.8. The van der Waals surface area contributed by atoms with E-state index >= 15 is 0 Å². The number of rotatable bonds is 2. The zero-order chi connectivity index (χ0) is 15.2. The average molecular weight is 286 g/mol. The average Bonchev–Trinajstić information content (AvgIpc) is 3.02. The number of aromatic amines is 1. The van der Waals surface area contributed by atoms with E-state index in [0.29, 0.717) is 12.2 Å². The number of H-pyrrole nitrogens is 1. The molecule has 4 nitrogen and oxygen atoms in total. The lowest BCUT2D eigenvalue weighted by Crippen LogP contribution is -2.48. The molecule has 1 fully saturated rings. The first-order valence-corrected chi connectivity index (χ1v) is 7.49. The predicted octanol–water partition coefficient (Wildman–Crippen LogP) is 2.85. The van der Waals surface area contributed by atoms with E-state index in [2.05, 4.69) is 4.98 Å². The number of nitrogens with zero attached hydrogens (tertiary/aromatic N) is 1. The lowest BCUT2D eigenvalue weighted by atomic mass is 9.96. The van der Waals surface area contributed by atoms with Crippen LogP contribution in [0.15, 0.2) is 24.3 Å². The summed E-state index contributed by atoms with van der Waals surface area (Å²) in [5.41, 5.74) is 1.89. The Morgan fingerprint density at radius 3 is 2.86 bits per heavy atom. The van der Waals surface area contributed by atoms with E-state index in [9.17, 15) is 9.90 Å². The van der Waals surface area contributed by atoms with E-state index < -0.39 is 5.60 Å². The summed E-state index contributed by atoms with van der Waals surface area (Å²) in [6, 6.07) is 7.90. The number of aliphatic hydroxyl groups is 1. The van der Waals surface area contributed by atoms with Crippen molar-refractivity contribution in [1.82, 2.24) is 9.88 Å². The number of hydrogen-bond acceptors (Lipinski definition) is 2. The number of nitrogens with one attached hydrogen (secondary N) is 1. The van der Waals surface area contributed by atoms with E-state index in [1.165, 1.54) is 5.56 Å². The Kier molecular flexibility index (Phi) is 3.29. The fraction of sp³-hybridized carbons (Fsp3) is 0.471. The zero-order valence-electron chi connectivity index (χ0n) is 12.8. The number of hydrogen-bond donors (Lipinski definition) is 2. The molecule has 0 bridgehead atoms. The molecular formula is C17H22N2O2. The number of benzene rings is 1. The van der Waals surface area contributed by atoms with Crippen molar-refractivity contribution in [2.24, 2.45) is 0 Å². The SMILES string of the molecule is Cc1ccc2cc(C(=O)N3CCCC3C(C)(C)O)[nH]c2c1. The van der Waals surface area contributed by atoms with Crippen LogP contribution >= 0.6 is 0 Å². The van der Waals surface area contributed by atoms with Gasteiger partial charge in [-0.15, -0.1) is 0 Å². The maximum Gasteiger partial charge on any atom is 0.270 e. The summed E-state index contributed by atoms with van der Waals surface area (Å²) in [5.74, 6) is -0.0199. The molecule has 0 saturated carbocycles. The third kappa shape index (κ3) is 2.56. The van der Waals surface area contributed by atoms with Crippen LogP contribution in [0.2, 0.25) is 0 Å². The number of fused-ring (bicyclic) bond motifs is 1. The van der Waals surface area contributed by atoms with Gasteiger partial charge in [-0.05, 0) is 51.3 Å². The Balaban J connectivity index is 1.93. The van der Waals surface area contributed by atoms with Gasteiger partial charge < -0.3 is 15.0 Å². The van der Waals surface area contributed by atoms with Crippen LogP contribution in [0.5, 0.6) is 0 Å². The standard InChI is InChI=1S/C17H22N2O2/c1-11-6-7-12-10-14(18-13(12)9-11)16(20)19-8-4-5-15(19)17(2,3)21/h6-7,9-10,15,18,21H,4-5,8H2,1-3H3. The topological polar surface area (TPSA) is 56.3 Å². The number of carbonyl (C=O) groups is 1. The number of likely N-dealkylation sites (tertiary alicyclic amines) is 1. The van der Waals surface area contributed by atoms with Crippen LogP contribution in [0, 0.1) is 6.92 Å². The molecule has 4 heteroatoms. The third-order valence-corrected chi connectivity index (χ3v) is 4.34. The van der Waals surface area contributed by atoms with Crippen molar-refractivity contribution >= 4 is 16.8 Å². The maximum atomic E-state index is 12.7. The second-order valence-electron chi connectivity index (χ2n) is 6.58. The van der Waals surface area contributed by atoms with E-state index in [-0.39, 0.29) is 11.9 Å². The minimum absolute atomic E-state index is 0.0199. The summed E-state index contributed by atoms with van der Waals surface area (Å²) in [7, 11) is 0. The molecule has 0 aliphatic carbocycles. The molecule has 3 rings (SSSR count). The molecule has 1 aliphatic rings. The van der Waals surface area contributed by atoms with Crippen molar-refractivity contribution in [3.05, 3.63) is 35.5 Å². The lowest BCUT2D eigenvalue weighted by molar-refractivity contribution is 0.000157. The maximum absolute atomic E-state index is 12.7. The van der Waals surface area contributed by atoms with Crippen LogP contribution in [0.25, 0.3) is 10.9 Å². The van der Waals surface area contributed by atoms with Gasteiger partial charge in [-0.2, -0.15) is 0 Å². The molecule has 1 amide bonds. The summed E-state index contributed by atoms with van der Waals surface area (Å²) in [5, 5.41) is 11.3. The van der Waals surface area contributed by atoms with E-state index in [4.69, 9.17) is 0 Å². The number of carbonyl (C=O) groups excluding carboxylic acids is 1. The first kappa shape index (κ1) is 14.1. The normalized spacial score (nSPS) is 19.4. The van der Waals surface area contributed by atoms with Crippen molar-refractivity contribution in [1.29, 1.82) is 0 Å². The second-order valence-corrected chi connectivity index (χ2v) is 6.58. The highest BCUT2D eigenvalue weighted by atomic mass is 16.3. The Labute approximate surface area is 124 Å². The van der Waals surface area contributed by atoms with Gasteiger partial charge in [0.1, 0.15) is 5.69 Å². The molecule has 1 aliphatic heterocycles. The highest BCUT2D eigenvalue weighted by Gasteiger charge is 2.39. The highest BCUT2D eigenvalue weighted by Crippen LogP contribution is 2.28. The van der Waals surface area contributed by atoms with Crippen molar-refractivity contribution in [2.75, 3.05) is 6.54 Å². The fourth-order valence-electron chi connectivity index (χ4n) is 3.26. The molecule has 1 saturated heterocycles. The fourth-order valence-corrected chi connectivity index (χ4v) is 3.26. The monoisotopic (exact) mass is 286 g/mol. The van der Waals surface area contributed by atoms with E-state index in [1.54, 1.807) is 18.7 Å². The molecule has 1 aromatic carbocycles. The van der Waals surface area contributed by atoms with Gasteiger partial charge in [0, 0.05) is 17.4 Å². The smallest absolute Gasteiger partial charge is 0.270 e. The number of amides is 1. The molecule has 112 valence electrons. The Morgan fingerprint density at radius 2 is 2.14 bits per heavy atom. The van der Waals surface area contributed by atoms with Crippen molar-refractivity contribution in [3.8, 4) is 0 Å². The largest absolute Gasteiger partial charge is 0.388 e. The number of aryl methyl sites for hydroxylation is 1. The summed E-state index contributed by atoms with van der Waals surface area (Å²) in [6.07, 6.45) is 1.80. The van der Waals surface area contributed by atoms with Crippen LogP contribution in [0.4, 0.5) is 0 Å². The summed E-state index contributed by atoms with van der Waals surface area (Å²) in [6.45, 7) is 6.30. The molecule has 1 aromatic heterocycles. The van der Waals surface area contributed by atoms with Crippen LogP contribution in [0.1, 0.15) is 42.7 Å². The zero-order valence-corrected chi connectivity index (χ0v) is 12.8. The van der Waals surface area contributed by atoms with E-state index in [0.717, 1.165) is 23.7 Å². The minimum atomic E-state index is -0.866. The third-order valence-electron chi connectivity index (χ3n) is 4.34. The van der Waals surface area contributed by atoms with Gasteiger partial charge in [-0.3, -0.25) is 4.79 Å².